The first-order valence-electron chi connectivity index (χ1n) is 9.15. The van der Waals surface area contributed by atoms with E-state index in [9.17, 15) is 9.59 Å². The number of para-hydroxylation sites is 1. The van der Waals surface area contributed by atoms with Gasteiger partial charge in [-0.15, -0.1) is 0 Å². The maximum absolute atomic E-state index is 11.8. The van der Waals surface area contributed by atoms with Gasteiger partial charge in [-0.25, -0.2) is 10.3 Å². The van der Waals surface area contributed by atoms with E-state index in [1.807, 2.05) is 30.3 Å². The van der Waals surface area contributed by atoms with Crippen LogP contribution in [0.3, 0.4) is 0 Å². The van der Waals surface area contributed by atoms with Gasteiger partial charge in [0.05, 0.1) is 0 Å². The molecule has 1 aromatic rings. The van der Waals surface area contributed by atoms with Crippen LogP contribution >= 0.6 is 0 Å². The van der Waals surface area contributed by atoms with Crippen molar-refractivity contribution in [3.05, 3.63) is 30.3 Å². The first-order valence-corrected chi connectivity index (χ1v) is 9.15. The minimum atomic E-state index is -0.305. The summed E-state index contributed by atoms with van der Waals surface area (Å²) in [5.74, 6) is -0.0826. The topological polar surface area (TPSA) is 76.7 Å². The maximum atomic E-state index is 11.8. The van der Waals surface area contributed by atoms with Crippen LogP contribution in [0.1, 0.15) is 57.8 Å². The second kappa shape index (κ2) is 11.6. The van der Waals surface area contributed by atoms with Crippen molar-refractivity contribution in [2.24, 2.45) is 0 Å². The lowest BCUT2D eigenvalue weighted by atomic mass is 10.1. The molecule has 6 heteroatoms. The van der Waals surface area contributed by atoms with Crippen LogP contribution in [-0.2, 0) is 19.2 Å². The molecule has 0 saturated carbocycles. The fourth-order valence-corrected chi connectivity index (χ4v) is 2.66. The number of unbranched alkanes of at least 4 members (excludes halogenated alkanes) is 3. The van der Waals surface area contributed by atoms with E-state index in [4.69, 9.17) is 9.57 Å². The van der Waals surface area contributed by atoms with E-state index in [-0.39, 0.29) is 18.1 Å². The molecule has 1 atom stereocenters. The predicted octanol–water partition coefficient (Wildman–Crippen LogP) is 3.54. The number of benzene rings is 1. The molecule has 1 aliphatic heterocycles. The van der Waals surface area contributed by atoms with Gasteiger partial charge in [-0.1, -0.05) is 31.0 Å². The van der Waals surface area contributed by atoms with Crippen LogP contribution in [0, 0.1) is 0 Å². The van der Waals surface area contributed by atoms with Crippen LogP contribution in [0.25, 0.3) is 0 Å². The summed E-state index contributed by atoms with van der Waals surface area (Å²) in [5.41, 5.74) is 3.29. The van der Waals surface area contributed by atoms with Crippen molar-refractivity contribution in [2.75, 3.05) is 11.9 Å². The van der Waals surface area contributed by atoms with E-state index in [1.54, 1.807) is 0 Å². The van der Waals surface area contributed by atoms with Crippen LogP contribution in [-0.4, -0.2) is 24.7 Å². The highest BCUT2D eigenvalue weighted by Crippen LogP contribution is 2.13. The number of nitrogens with one attached hydrogen (secondary N) is 2. The summed E-state index contributed by atoms with van der Waals surface area (Å²) in [4.78, 5) is 28.7. The van der Waals surface area contributed by atoms with Crippen LogP contribution < -0.4 is 10.8 Å². The molecule has 0 bridgehead atoms. The molecule has 1 aliphatic rings. The SMILES string of the molecule is O=C(CCCCCCC(=O)Nc1ccccc1)NOC1CCCCO1. The van der Waals surface area contributed by atoms with E-state index in [0.29, 0.717) is 19.4 Å². The molecule has 2 N–H and O–H groups in total. The molecular formula is C19H28N2O4. The zero-order valence-electron chi connectivity index (χ0n) is 14.7. The average Bonchev–Trinajstić information content (AvgIpc) is 2.64. The summed E-state index contributed by atoms with van der Waals surface area (Å²) < 4.78 is 5.38. The Morgan fingerprint density at radius 2 is 1.72 bits per heavy atom. The van der Waals surface area contributed by atoms with Gasteiger partial charge in [0.1, 0.15) is 0 Å². The van der Waals surface area contributed by atoms with Crippen molar-refractivity contribution in [1.29, 1.82) is 0 Å². The number of rotatable bonds is 10. The van der Waals surface area contributed by atoms with E-state index in [1.165, 1.54) is 0 Å². The lowest BCUT2D eigenvalue weighted by Crippen LogP contribution is -2.32. The number of hydroxylamine groups is 1. The van der Waals surface area contributed by atoms with Gasteiger partial charge >= 0.3 is 0 Å². The van der Waals surface area contributed by atoms with Gasteiger partial charge in [0.15, 0.2) is 6.29 Å². The van der Waals surface area contributed by atoms with Crippen LogP contribution in [0.5, 0.6) is 0 Å². The first-order chi connectivity index (χ1) is 12.2. The molecule has 2 amide bonds. The molecule has 0 aromatic heterocycles. The standard InChI is InChI=1S/C19H28N2O4/c22-17(20-16-10-4-3-5-11-16)12-6-1-2-7-13-18(23)21-25-19-14-8-9-15-24-19/h3-5,10-11,19H,1-2,6-9,12-15H2,(H,20,22)(H,21,23). The Morgan fingerprint density at radius 3 is 2.40 bits per heavy atom. The molecule has 138 valence electrons. The molecule has 6 nitrogen and oxygen atoms in total. The molecule has 25 heavy (non-hydrogen) atoms. The van der Waals surface area contributed by atoms with Gasteiger partial charge in [-0.2, -0.15) is 0 Å². The minimum Gasteiger partial charge on any atom is -0.350 e. The molecule has 1 unspecified atom stereocenters. The molecular weight excluding hydrogens is 320 g/mol. The van der Waals surface area contributed by atoms with Crippen molar-refractivity contribution in [3.63, 3.8) is 0 Å². The molecule has 0 spiro atoms. The Morgan fingerprint density at radius 1 is 1.00 bits per heavy atom. The normalized spacial score (nSPS) is 17.0. The third kappa shape index (κ3) is 8.65. The van der Waals surface area contributed by atoms with Gasteiger partial charge < -0.3 is 10.1 Å². The largest absolute Gasteiger partial charge is 0.350 e. The summed E-state index contributed by atoms with van der Waals surface area (Å²) in [6.07, 6.45) is 7.05. The molecule has 1 aromatic carbocycles. The lowest BCUT2D eigenvalue weighted by Gasteiger charge is -2.22. The van der Waals surface area contributed by atoms with Crippen LogP contribution in [0.15, 0.2) is 30.3 Å². The Labute approximate surface area is 149 Å². The predicted molar refractivity (Wildman–Crippen MR) is 95.6 cm³/mol. The van der Waals surface area contributed by atoms with Crippen LogP contribution in [0.2, 0.25) is 0 Å². The van der Waals surface area contributed by atoms with Gasteiger partial charge in [0, 0.05) is 31.6 Å². The minimum absolute atomic E-state index is 0.0322. The van der Waals surface area contributed by atoms with Gasteiger partial charge in [0.2, 0.25) is 11.8 Å². The second-order valence-corrected chi connectivity index (χ2v) is 6.27. The average molecular weight is 348 g/mol. The lowest BCUT2D eigenvalue weighted by molar-refractivity contribution is -0.200. The number of amides is 2. The summed E-state index contributed by atoms with van der Waals surface area (Å²) in [7, 11) is 0. The summed E-state index contributed by atoms with van der Waals surface area (Å²) >= 11 is 0. The molecule has 1 heterocycles. The van der Waals surface area contributed by atoms with Gasteiger partial charge in [-0.05, 0) is 37.8 Å². The number of hydrogen-bond acceptors (Lipinski definition) is 4. The highest BCUT2D eigenvalue weighted by atomic mass is 16.8. The zero-order valence-corrected chi connectivity index (χ0v) is 14.7. The van der Waals surface area contributed by atoms with Crippen molar-refractivity contribution in [2.45, 2.75) is 64.1 Å². The fourth-order valence-electron chi connectivity index (χ4n) is 2.66. The van der Waals surface area contributed by atoms with E-state index in [0.717, 1.165) is 50.6 Å². The smallest absolute Gasteiger partial charge is 0.243 e. The van der Waals surface area contributed by atoms with Crippen LogP contribution in [0.4, 0.5) is 5.69 Å². The summed E-state index contributed by atoms with van der Waals surface area (Å²) in [5, 5.41) is 2.87. The summed E-state index contributed by atoms with van der Waals surface area (Å²) in [6.45, 7) is 0.693. The number of hydrogen-bond donors (Lipinski definition) is 2. The Bertz CT molecular complexity index is 515. The highest BCUT2D eigenvalue weighted by molar-refractivity contribution is 5.90. The molecule has 1 fully saturated rings. The molecule has 0 radical (unpaired) electrons. The monoisotopic (exact) mass is 348 g/mol. The van der Waals surface area contributed by atoms with Crippen molar-refractivity contribution in [3.8, 4) is 0 Å². The van der Waals surface area contributed by atoms with E-state index >= 15 is 0 Å². The quantitative estimate of drug-likeness (QED) is 0.501. The van der Waals surface area contributed by atoms with E-state index < -0.39 is 0 Å². The molecule has 0 aliphatic carbocycles. The number of anilines is 1. The Balaban J connectivity index is 1.43. The molecule has 2 rings (SSSR count). The van der Waals surface area contributed by atoms with Gasteiger partial charge in [-0.3, -0.25) is 9.59 Å². The van der Waals surface area contributed by atoms with Crippen molar-refractivity contribution >= 4 is 17.5 Å². The number of ether oxygens (including phenoxy) is 1. The zero-order chi connectivity index (χ0) is 17.7. The second-order valence-electron chi connectivity index (χ2n) is 6.27. The van der Waals surface area contributed by atoms with Gasteiger partial charge in [0.25, 0.3) is 0 Å². The Hall–Kier alpha value is -1.92. The summed E-state index contributed by atoms with van der Waals surface area (Å²) in [6, 6.07) is 9.45. The third-order valence-electron chi connectivity index (χ3n) is 4.06. The third-order valence-corrected chi connectivity index (χ3v) is 4.06. The molecule has 1 saturated heterocycles. The highest BCUT2D eigenvalue weighted by Gasteiger charge is 2.15. The van der Waals surface area contributed by atoms with Crippen molar-refractivity contribution < 1.29 is 19.2 Å². The van der Waals surface area contributed by atoms with E-state index in [2.05, 4.69) is 10.8 Å². The fraction of sp³-hybridized carbons (Fsp3) is 0.579. The Kier molecular flexibility index (Phi) is 9.01. The maximum Gasteiger partial charge on any atom is 0.243 e. The number of carbonyl (C=O) groups is 2. The van der Waals surface area contributed by atoms with Crippen molar-refractivity contribution in [1.82, 2.24) is 5.48 Å². The number of carbonyl (C=O) groups excluding carboxylic acids is 2. The first kappa shape index (κ1) is 19.4.